The Hall–Kier alpha value is -1.56. The summed E-state index contributed by atoms with van der Waals surface area (Å²) in [6.45, 7) is 5.92. The lowest BCUT2D eigenvalue weighted by atomic mass is 10.2. The van der Waals surface area contributed by atoms with Crippen molar-refractivity contribution in [2.45, 2.75) is 13.8 Å². The van der Waals surface area contributed by atoms with Gasteiger partial charge >= 0.3 is 0 Å². The number of rotatable bonds is 2. The maximum atomic E-state index is 13.6. The lowest BCUT2D eigenvalue weighted by Gasteiger charge is -2.19. The van der Waals surface area contributed by atoms with Gasteiger partial charge in [0.25, 0.3) is 0 Å². The molecule has 0 radical (unpaired) electrons. The zero-order valence-electron chi connectivity index (χ0n) is 9.33. The summed E-state index contributed by atoms with van der Waals surface area (Å²) in [6.07, 6.45) is 1.36. The van der Waals surface area contributed by atoms with Gasteiger partial charge in [0.15, 0.2) is 5.82 Å². The molecule has 0 saturated heterocycles. The number of carbonyl (C=O) groups is 2. The van der Waals surface area contributed by atoms with Crippen molar-refractivity contribution in [1.29, 1.82) is 0 Å². The molecule has 0 aromatic carbocycles. The van der Waals surface area contributed by atoms with E-state index in [1.54, 1.807) is 0 Å². The molecule has 1 aromatic rings. The Kier molecular flexibility index (Phi) is 4.11. The smallest absolute Gasteiger partial charge is 0.230 e. The molecule has 0 fully saturated rings. The molecular formula is C11H10BrFN2O2. The number of hydrogen-bond acceptors (Lipinski definition) is 3. The Morgan fingerprint density at radius 2 is 1.94 bits per heavy atom. The third-order valence-electron chi connectivity index (χ3n) is 1.98. The van der Waals surface area contributed by atoms with Crippen molar-refractivity contribution in [3.05, 3.63) is 34.8 Å². The fourth-order valence-electron chi connectivity index (χ4n) is 1.33. The van der Waals surface area contributed by atoms with Crippen LogP contribution in [0, 0.1) is 5.82 Å². The molecular weight excluding hydrogens is 291 g/mol. The van der Waals surface area contributed by atoms with Crippen LogP contribution >= 0.6 is 15.9 Å². The first-order valence-corrected chi connectivity index (χ1v) is 5.45. The Bertz CT molecular complexity index is 488. The highest BCUT2D eigenvalue weighted by atomic mass is 79.9. The van der Waals surface area contributed by atoms with E-state index >= 15 is 0 Å². The summed E-state index contributed by atoms with van der Waals surface area (Å²) in [7, 11) is 0. The third-order valence-corrected chi connectivity index (χ3v) is 2.41. The van der Waals surface area contributed by atoms with Crippen LogP contribution in [0.3, 0.4) is 0 Å². The topological polar surface area (TPSA) is 50.3 Å². The first-order valence-electron chi connectivity index (χ1n) is 4.66. The molecule has 4 nitrogen and oxygen atoms in total. The van der Waals surface area contributed by atoms with Crippen LogP contribution in [0.15, 0.2) is 23.3 Å². The van der Waals surface area contributed by atoms with Crippen molar-refractivity contribution in [2.75, 3.05) is 0 Å². The zero-order chi connectivity index (χ0) is 13.2. The maximum absolute atomic E-state index is 13.6. The standard InChI is InChI=1S/C11H10BrFN2O2/c1-6(15(7(2)16)8(3)17)11-10(13)4-9(12)5-14-11/h4-5H,1H2,2-3H3. The Balaban J connectivity index is 3.19. The van der Waals surface area contributed by atoms with Gasteiger partial charge in [-0.25, -0.2) is 9.29 Å². The maximum Gasteiger partial charge on any atom is 0.230 e. The zero-order valence-corrected chi connectivity index (χ0v) is 10.9. The van der Waals surface area contributed by atoms with Gasteiger partial charge in [-0.3, -0.25) is 14.6 Å². The van der Waals surface area contributed by atoms with E-state index in [-0.39, 0.29) is 11.4 Å². The highest BCUT2D eigenvalue weighted by molar-refractivity contribution is 9.10. The molecule has 1 heterocycles. The largest absolute Gasteiger partial charge is 0.274 e. The number of amides is 2. The molecule has 17 heavy (non-hydrogen) atoms. The minimum absolute atomic E-state index is 0.0741. The predicted molar refractivity (Wildman–Crippen MR) is 64.1 cm³/mol. The lowest BCUT2D eigenvalue weighted by molar-refractivity contribution is -0.137. The summed E-state index contributed by atoms with van der Waals surface area (Å²) in [4.78, 5) is 27.1. The molecule has 90 valence electrons. The number of imide groups is 1. The van der Waals surface area contributed by atoms with E-state index < -0.39 is 17.6 Å². The number of aromatic nitrogens is 1. The van der Waals surface area contributed by atoms with Crippen LogP contribution in [-0.2, 0) is 9.59 Å². The molecule has 0 spiro atoms. The SMILES string of the molecule is C=C(c1ncc(Br)cc1F)N(C(C)=O)C(C)=O. The number of nitrogens with zero attached hydrogens (tertiary/aromatic N) is 2. The van der Waals surface area contributed by atoms with Gasteiger partial charge in [0.05, 0.1) is 5.70 Å². The van der Waals surface area contributed by atoms with Gasteiger partial charge in [-0.05, 0) is 22.0 Å². The summed E-state index contributed by atoms with van der Waals surface area (Å²) in [6, 6.07) is 1.19. The summed E-state index contributed by atoms with van der Waals surface area (Å²) in [5.74, 6) is -1.73. The Labute approximate surface area is 106 Å². The Morgan fingerprint density at radius 3 is 2.35 bits per heavy atom. The van der Waals surface area contributed by atoms with Gasteiger partial charge in [0.1, 0.15) is 5.69 Å². The fraction of sp³-hybridized carbons (Fsp3) is 0.182. The average Bonchev–Trinajstić information content (AvgIpc) is 2.15. The fourth-order valence-corrected chi connectivity index (χ4v) is 1.64. The van der Waals surface area contributed by atoms with Gasteiger partial charge < -0.3 is 0 Å². The van der Waals surface area contributed by atoms with Gasteiger partial charge in [-0.1, -0.05) is 6.58 Å². The van der Waals surface area contributed by atoms with Crippen LogP contribution in [-0.4, -0.2) is 21.7 Å². The van der Waals surface area contributed by atoms with Crippen LogP contribution in [0.1, 0.15) is 19.5 Å². The normalized spacial score (nSPS) is 9.88. The Morgan fingerprint density at radius 1 is 1.41 bits per heavy atom. The second kappa shape index (κ2) is 5.18. The molecule has 2 amide bonds. The van der Waals surface area contributed by atoms with Crippen molar-refractivity contribution in [3.8, 4) is 0 Å². The van der Waals surface area contributed by atoms with Crippen molar-refractivity contribution in [1.82, 2.24) is 9.88 Å². The molecule has 0 aliphatic heterocycles. The number of pyridine rings is 1. The summed E-state index contributed by atoms with van der Waals surface area (Å²) in [5.41, 5.74) is -0.200. The van der Waals surface area contributed by atoms with Crippen molar-refractivity contribution < 1.29 is 14.0 Å². The van der Waals surface area contributed by atoms with Crippen LogP contribution < -0.4 is 0 Å². The molecule has 1 aromatic heterocycles. The molecule has 0 atom stereocenters. The van der Waals surface area contributed by atoms with Crippen molar-refractivity contribution >= 4 is 33.4 Å². The van der Waals surface area contributed by atoms with Crippen LogP contribution in [0.2, 0.25) is 0 Å². The first kappa shape index (κ1) is 13.5. The second-order valence-electron chi connectivity index (χ2n) is 3.30. The van der Waals surface area contributed by atoms with E-state index in [4.69, 9.17) is 0 Å². The van der Waals surface area contributed by atoms with Crippen molar-refractivity contribution in [3.63, 3.8) is 0 Å². The van der Waals surface area contributed by atoms with Crippen LogP contribution in [0.4, 0.5) is 4.39 Å². The predicted octanol–water partition coefficient (Wildman–Crippen LogP) is 2.35. The molecule has 0 aliphatic carbocycles. The van der Waals surface area contributed by atoms with Gasteiger partial charge in [-0.15, -0.1) is 0 Å². The van der Waals surface area contributed by atoms with Gasteiger partial charge in [0.2, 0.25) is 11.8 Å². The van der Waals surface area contributed by atoms with E-state index in [1.165, 1.54) is 26.1 Å². The summed E-state index contributed by atoms with van der Waals surface area (Å²) < 4.78 is 14.0. The number of hydrogen-bond donors (Lipinski definition) is 0. The highest BCUT2D eigenvalue weighted by Crippen LogP contribution is 2.21. The summed E-state index contributed by atoms with van der Waals surface area (Å²) in [5, 5.41) is 0. The average molecular weight is 301 g/mol. The minimum Gasteiger partial charge on any atom is -0.274 e. The van der Waals surface area contributed by atoms with E-state index in [9.17, 15) is 14.0 Å². The first-order chi connectivity index (χ1) is 7.84. The van der Waals surface area contributed by atoms with E-state index in [2.05, 4.69) is 27.5 Å². The molecule has 0 bridgehead atoms. The van der Waals surface area contributed by atoms with E-state index in [1.807, 2.05) is 0 Å². The molecule has 0 unspecified atom stereocenters. The molecule has 1 rings (SSSR count). The van der Waals surface area contributed by atoms with Crippen LogP contribution in [0.5, 0.6) is 0 Å². The third kappa shape index (κ3) is 2.97. The van der Waals surface area contributed by atoms with Gasteiger partial charge in [-0.2, -0.15) is 0 Å². The van der Waals surface area contributed by atoms with E-state index in [0.29, 0.717) is 4.47 Å². The van der Waals surface area contributed by atoms with Gasteiger partial charge in [0, 0.05) is 24.5 Å². The van der Waals surface area contributed by atoms with Crippen LogP contribution in [0.25, 0.3) is 5.70 Å². The molecule has 0 saturated carbocycles. The molecule has 0 aliphatic rings. The van der Waals surface area contributed by atoms with Crippen molar-refractivity contribution in [2.24, 2.45) is 0 Å². The number of carbonyl (C=O) groups excluding carboxylic acids is 2. The summed E-state index contributed by atoms with van der Waals surface area (Å²) >= 11 is 3.06. The second-order valence-corrected chi connectivity index (χ2v) is 4.22. The molecule has 6 heteroatoms. The number of halogens is 2. The monoisotopic (exact) mass is 300 g/mol. The van der Waals surface area contributed by atoms with E-state index in [0.717, 1.165) is 4.90 Å². The lowest BCUT2D eigenvalue weighted by Crippen LogP contribution is -2.31. The quantitative estimate of drug-likeness (QED) is 0.842. The highest BCUT2D eigenvalue weighted by Gasteiger charge is 2.21. The molecule has 0 N–H and O–H groups in total. The minimum atomic E-state index is -0.656.